The van der Waals surface area contributed by atoms with Gasteiger partial charge in [0.15, 0.2) is 0 Å². The van der Waals surface area contributed by atoms with Crippen LogP contribution in [0.1, 0.15) is 40.2 Å². The fourth-order valence-corrected chi connectivity index (χ4v) is 1.62. The first-order valence-corrected chi connectivity index (χ1v) is 7.26. The SMILES string of the molecule is C[C-](C)C(C)(C)C.[NH-]c1cccc2cncc(CCO)c12.[Y]. The van der Waals surface area contributed by atoms with Gasteiger partial charge in [0.25, 0.3) is 0 Å². The Morgan fingerprint density at radius 3 is 2.27 bits per heavy atom. The van der Waals surface area contributed by atoms with E-state index >= 15 is 0 Å². The van der Waals surface area contributed by atoms with Crippen LogP contribution < -0.4 is 0 Å². The van der Waals surface area contributed by atoms with Gasteiger partial charge in [0.2, 0.25) is 0 Å². The van der Waals surface area contributed by atoms with Crippen LogP contribution in [-0.4, -0.2) is 16.7 Å². The monoisotopic (exact) mass is 375 g/mol. The number of fused-ring (bicyclic) bond motifs is 1. The zero-order valence-corrected chi connectivity index (χ0v) is 17.1. The maximum Gasteiger partial charge on any atom is 0.0472 e. The molecule has 2 rings (SSSR count). The van der Waals surface area contributed by atoms with E-state index in [1.165, 1.54) is 5.92 Å². The third-order valence-electron chi connectivity index (χ3n) is 3.74. The third kappa shape index (κ3) is 6.31. The number of nitrogens with zero attached hydrogens (tertiary/aromatic N) is 1. The zero-order chi connectivity index (χ0) is 16.0. The normalized spacial score (nSPS) is 10.9. The molecule has 4 heteroatoms. The second-order valence-electron chi connectivity index (χ2n) is 6.43. The molecule has 0 fully saturated rings. The Morgan fingerprint density at radius 2 is 1.77 bits per heavy atom. The molecule has 1 heterocycles. The van der Waals surface area contributed by atoms with Crippen LogP contribution in [0.3, 0.4) is 0 Å². The van der Waals surface area contributed by atoms with Gasteiger partial charge in [-0.1, -0.05) is 39.0 Å². The van der Waals surface area contributed by atoms with Crippen molar-refractivity contribution in [3.05, 3.63) is 47.8 Å². The van der Waals surface area contributed by atoms with Crippen molar-refractivity contribution in [2.24, 2.45) is 5.41 Å². The first-order chi connectivity index (χ1) is 9.77. The number of aliphatic hydroxyl groups is 1. The Hall–Kier alpha value is -0.506. The topological polar surface area (TPSA) is 56.9 Å². The zero-order valence-electron chi connectivity index (χ0n) is 14.3. The van der Waals surface area contributed by atoms with Gasteiger partial charge < -0.3 is 16.8 Å². The van der Waals surface area contributed by atoms with Crippen LogP contribution in [0.2, 0.25) is 0 Å². The molecule has 2 aromatic rings. The van der Waals surface area contributed by atoms with Gasteiger partial charge in [-0.15, -0.1) is 5.69 Å². The molecule has 0 bridgehead atoms. The van der Waals surface area contributed by atoms with Gasteiger partial charge in [0.05, 0.1) is 0 Å². The van der Waals surface area contributed by atoms with Crippen molar-refractivity contribution in [3.8, 4) is 0 Å². The van der Waals surface area contributed by atoms with E-state index in [4.69, 9.17) is 10.8 Å². The molecule has 3 nitrogen and oxygen atoms in total. The van der Waals surface area contributed by atoms with Crippen LogP contribution in [0, 0.1) is 11.3 Å². The molecule has 0 amide bonds. The largest absolute Gasteiger partial charge is 0.698 e. The van der Waals surface area contributed by atoms with Gasteiger partial charge in [0, 0.05) is 51.7 Å². The predicted octanol–water partition coefficient (Wildman–Crippen LogP) is 5.10. The number of rotatable bonds is 2. The van der Waals surface area contributed by atoms with E-state index in [2.05, 4.69) is 39.6 Å². The van der Waals surface area contributed by atoms with Crippen LogP contribution in [0.4, 0.5) is 5.69 Å². The number of aliphatic hydroxyl groups excluding tert-OH is 1. The molecule has 0 aliphatic heterocycles. The summed E-state index contributed by atoms with van der Waals surface area (Å²) in [5.41, 5.74) is 9.62. The summed E-state index contributed by atoms with van der Waals surface area (Å²) in [6, 6.07) is 5.53. The minimum absolute atomic E-state index is 0. The first-order valence-electron chi connectivity index (χ1n) is 7.26. The van der Waals surface area contributed by atoms with E-state index in [0.717, 1.165) is 16.3 Å². The fourth-order valence-electron chi connectivity index (χ4n) is 1.62. The summed E-state index contributed by atoms with van der Waals surface area (Å²) >= 11 is 0. The molecule has 0 unspecified atom stereocenters. The molecule has 1 aromatic heterocycles. The Bertz CT molecular complexity index is 572. The van der Waals surface area contributed by atoms with Gasteiger partial charge in [0.1, 0.15) is 0 Å². The molecule has 1 radical (unpaired) electrons. The summed E-state index contributed by atoms with van der Waals surface area (Å²) in [6.07, 6.45) is 4.02. The van der Waals surface area contributed by atoms with Crippen molar-refractivity contribution in [2.45, 2.75) is 41.0 Å². The van der Waals surface area contributed by atoms with Gasteiger partial charge in [-0.3, -0.25) is 4.98 Å². The Morgan fingerprint density at radius 1 is 1.18 bits per heavy atom. The molecule has 0 spiro atoms. The van der Waals surface area contributed by atoms with Crippen LogP contribution >= 0.6 is 0 Å². The summed E-state index contributed by atoms with van der Waals surface area (Å²) in [6.45, 7) is 11.1. The summed E-state index contributed by atoms with van der Waals surface area (Å²) in [4.78, 5) is 4.08. The Labute approximate surface area is 159 Å². The van der Waals surface area contributed by atoms with Gasteiger partial charge in [-0.2, -0.15) is 19.3 Å². The molecule has 0 atom stereocenters. The van der Waals surface area contributed by atoms with Crippen molar-refractivity contribution in [2.75, 3.05) is 6.61 Å². The van der Waals surface area contributed by atoms with Crippen molar-refractivity contribution < 1.29 is 37.8 Å². The molecular weight excluding hydrogens is 349 g/mol. The molecule has 0 aliphatic carbocycles. The van der Waals surface area contributed by atoms with E-state index in [1.54, 1.807) is 18.5 Å². The molecule has 1 aromatic carbocycles. The maximum atomic E-state index is 8.88. The predicted molar refractivity (Wildman–Crippen MR) is 90.6 cm³/mol. The Kier molecular flexibility index (Phi) is 9.37. The summed E-state index contributed by atoms with van der Waals surface area (Å²) in [5.74, 6) is 1.49. The molecule has 119 valence electrons. The minimum Gasteiger partial charge on any atom is -0.698 e. The number of hydrogen-bond donors (Lipinski definition) is 1. The molecule has 0 saturated heterocycles. The quantitative estimate of drug-likeness (QED) is 0.743. The number of hydrogen-bond acceptors (Lipinski definition) is 2. The standard InChI is InChI=1S/C11H11N2O.C7H15.Y/c12-10-3-1-2-8-6-13-7-9(4-5-14)11(8)10;1-6(2)7(3,4)5;/h1-3,6-7,12,14H,4-5H2;1-5H3;/q2*-1;. The van der Waals surface area contributed by atoms with Gasteiger partial charge in [-0.25, -0.2) is 0 Å². The smallest absolute Gasteiger partial charge is 0.0472 e. The van der Waals surface area contributed by atoms with Crippen molar-refractivity contribution in [3.63, 3.8) is 0 Å². The average molecular weight is 375 g/mol. The second-order valence-corrected chi connectivity index (χ2v) is 6.43. The first kappa shape index (κ1) is 21.5. The van der Waals surface area contributed by atoms with Crippen molar-refractivity contribution in [1.29, 1.82) is 0 Å². The average Bonchev–Trinajstić information content (AvgIpc) is 2.39. The van der Waals surface area contributed by atoms with Gasteiger partial charge in [-0.05, 0) is 22.8 Å². The van der Waals surface area contributed by atoms with Crippen molar-refractivity contribution in [1.82, 2.24) is 4.98 Å². The Balaban J connectivity index is 0.000000478. The van der Waals surface area contributed by atoms with Crippen LogP contribution in [0.15, 0.2) is 30.6 Å². The van der Waals surface area contributed by atoms with Crippen LogP contribution in [0.5, 0.6) is 0 Å². The van der Waals surface area contributed by atoms with Gasteiger partial charge >= 0.3 is 0 Å². The minimum atomic E-state index is 0. The van der Waals surface area contributed by atoms with Crippen molar-refractivity contribution >= 4 is 16.5 Å². The molecule has 0 saturated carbocycles. The molecule has 2 N–H and O–H groups in total. The van der Waals surface area contributed by atoms with Crippen LogP contribution in [0.25, 0.3) is 16.5 Å². The number of pyridine rings is 1. The molecular formula is C18H26N2OY-2. The van der Waals surface area contributed by atoms with E-state index in [9.17, 15) is 0 Å². The number of benzene rings is 1. The van der Waals surface area contributed by atoms with E-state index in [0.29, 0.717) is 17.5 Å². The number of aromatic nitrogens is 1. The summed E-state index contributed by atoms with van der Waals surface area (Å²) in [5, 5.41) is 10.7. The second kappa shape index (κ2) is 9.59. The van der Waals surface area contributed by atoms with E-state index in [-0.39, 0.29) is 39.3 Å². The fraction of sp³-hybridized carbons (Fsp3) is 0.444. The summed E-state index contributed by atoms with van der Waals surface area (Å²) < 4.78 is 0. The summed E-state index contributed by atoms with van der Waals surface area (Å²) in [7, 11) is 0. The third-order valence-corrected chi connectivity index (χ3v) is 3.74. The molecule has 22 heavy (non-hydrogen) atoms. The maximum absolute atomic E-state index is 8.88. The van der Waals surface area contributed by atoms with Crippen LogP contribution in [-0.2, 0) is 39.1 Å². The molecule has 0 aliphatic rings. The van der Waals surface area contributed by atoms with E-state index in [1.807, 2.05) is 12.1 Å². The number of nitrogens with one attached hydrogen (secondary N) is 1. The van der Waals surface area contributed by atoms with E-state index < -0.39 is 0 Å².